The lowest BCUT2D eigenvalue weighted by Crippen LogP contribution is -2.28. The number of aliphatic hydroxyl groups excluding tert-OH is 1. The van der Waals surface area contributed by atoms with Crippen molar-refractivity contribution >= 4 is 11.9 Å². The molecule has 0 aromatic carbocycles. The number of carbonyl (C=O) groups is 2. The molecule has 322 valence electrons. The van der Waals surface area contributed by atoms with Crippen molar-refractivity contribution in [3.8, 4) is 0 Å². The molecule has 0 amide bonds. The monoisotopic (exact) mass is 773 g/mol. The van der Waals surface area contributed by atoms with Crippen molar-refractivity contribution in [1.29, 1.82) is 0 Å². The molecule has 0 spiro atoms. The maximum absolute atomic E-state index is 12.2. The van der Waals surface area contributed by atoms with Gasteiger partial charge >= 0.3 is 11.9 Å². The van der Waals surface area contributed by atoms with Crippen LogP contribution in [0, 0.1) is 0 Å². The quantitative estimate of drug-likeness (QED) is 0.0379. The van der Waals surface area contributed by atoms with Crippen LogP contribution in [0.1, 0.15) is 251 Å². The van der Waals surface area contributed by atoms with Crippen LogP contribution in [-0.2, 0) is 19.1 Å². The Morgan fingerprint density at radius 3 is 1.09 bits per heavy atom. The summed E-state index contributed by atoms with van der Waals surface area (Å²) in [6, 6.07) is 0. The zero-order valence-corrected chi connectivity index (χ0v) is 36.7. The topological polar surface area (TPSA) is 72.8 Å². The van der Waals surface area contributed by atoms with Crippen molar-refractivity contribution in [3.63, 3.8) is 0 Å². The van der Waals surface area contributed by atoms with Crippen molar-refractivity contribution in [2.24, 2.45) is 0 Å². The maximum atomic E-state index is 12.2. The van der Waals surface area contributed by atoms with Gasteiger partial charge in [-0.1, -0.05) is 204 Å². The Kier molecular flexibility index (Phi) is 44.9. The number of hydrogen-bond donors (Lipinski definition) is 1. The fourth-order valence-electron chi connectivity index (χ4n) is 6.99. The molecule has 5 nitrogen and oxygen atoms in total. The second kappa shape index (κ2) is 46.5. The molecule has 0 aromatic rings. The first kappa shape index (κ1) is 53.1. The lowest BCUT2D eigenvalue weighted by atomic mass is 10.0. The second-order valence-electron chi connectivity index (χ2n) is 16.2. The summed E-state index contributed by atoms with van der Waals surface area (Å²) >= 11 is 0. The Labute approximate surface area is 342 Å². The van der Waals surface area contributed by atoms with E-state index < -0.39 is 6.10 Å². The number of hydrogen-bond acceptors (Lipinski definition) is 5. The Hall–Kier alpha value is -1.88. The zero-order valence-electron chi connectivity index (χ0n) is 36.7. The fraction of sp³-hybridized carbons (Fsp3) is 0.840. The van der Waals surface area contributed by atoms with Crippen molar-refractivity contribution in [2.45, 2.75) is 258 Å². The first-order valence-corrected chi connectivity index (χ1v) is 24.0. The molecule has 1 atom stereocenters. The molecule has 0 radical (unpaired) electrons. The molecule has 55 heavy (non-hydrogen) atoms. The van der Waals surface area contributed by atoms with E-state index in [4.69, 9.17) is 9.47 Å². The van der Waals surface area contributed by atoms with E-state index in [0.717, 1.165) is 51.4 Å². The minimum Gasteiger partial charge on any atom is -0.462 e. The van der Waals surface area contributed by atoms with Crippen LogP contribution in [0.4, 0.5) is 0 Å². The summed E-state index contributed by atoms with van der Waals surface area (Å²) < 4.78 is 10.6. The summed E-state index contributed by atoms with van der Waals surface area (Å²) in [5, 5.41) is 9.59. The largest absolute Gasteiger partial charge is 0.462 e. The zero-order chi connectivity index (χ0) is 40.0. The number of unbranched alkanes of at least 4 members (excludes halogenated alkanes) is 30. The van der Waals surface area contributed by atoms with Crippen LogP contribution in [-0.4, -0.2) is 36.4 Å². The Bertz CT molecular complexity index is 877. The van der Waals surface area contributed by atoms with Gasteiger partial charge in [-0.05, 0) is 70.6 Å². The van der Waals surface area contributed by atoms with Crippen LogP contribution in [0.3, 0.4) is 0 Å². The molecule has 0 heterocycles. The van der Waals surface area contributed by atoms with Crippen molar-refractivity contribution in [3.05, 3.63) is 36.5 Å². The average molecular weight is 773 g/mol. The smallest absolute Gasteiger partial charge is 0.306 e. The van der Waals surface area contributed by atoms with Gasteiger partial charge in [0, 0.05) is 12.8 Å². The molecule has 0 aliphatic rings. The summed E-state index contributed by atoms with van der Waals surface area (Å²) in [6.07, 6.45) is 58.0. The van der Waals surface area contributed by atoms with Gasteiger partial charge in [0.2, 0.25) is 0 Å². The van der Waals surface area contributed by atoms with E-state index in [2.05, 4.69) is 50.3 Å². The van der Waals surface area contributed by atoms with Crippen LogP contribution >= 0.6 is 0 Å². The third kappa shape index (κ3) is 44.7. The van der Waals surface area contributed by atoms with Gasteiger partial charge in [-0.2, -0.15) is 0 Å². The third-order valence-corrected chi connectivity index (χ3v) is 10.7. The minimum atomic E-state index is -0.773. The Balaban J connectivity index is 3.47. The highest BCUT2D eigenvalue weighted by Gasteiger charge is 2.16. The van der Waals surface area contributed by atoms with Crippen LogP contribution in [0.5, 0.6) is 0 Å². The number of rotatable bonds is 44. The molecule has 0 saturated carbocycles. The van der Waals surface area contributed by atoms with Crippen LogP contribution < -0.4 is 0 Å². The van der Waals surface area contributed by atoms with E-state index in [-0.39, 0.29) is 25.2 Å². The number of carbonyl (C=O) groups excluding carboxylic acids is 2. The predicted octanol–water partition coefficient (Wildman–Crippen LogP) is 15.6. The van der Waals surface area contributed by atoms with Crippen LogP contribution in [0.15, 0.2) is 36.5 Å². The average Bonchev–Trinajstić information content (AvgIpc) is 3.19. The highest BCUT2D eigenvalue weighted by Crippen LogP contribution is 2.15. The van der Waals surface area contributed by atoms with Crippen LogP contribution in [0.2, 0.25) is 0 Å². The maximum Gasteiger partial charge on any atom is 0.306 e. The number of aliphatic hydroxyl groups is 1. The molecule has 0 rings (SSSR count). The SMILES string of the molecule is CCCCCCC/C=C\C/C=C\CCCCCCCCCCCCCCCCCC(=O)OC(CO)COC(=O)CCCCCCC/C=C\CCCCCCC. The standard InChI is InChI=1S/C50H92O5/c1-3-5-7-9-11-13-15-17-19-20-21-22-23-24-25-26-27-28-29-30-31-33-35-37-39-41-43-45-50(53)55-48(46-51)47-54-49(52)44-42-40-38-36-34-32-18-16-14-12-10-8-6-4-2/h15-18,20-21,48,51H,3-14,19,22-47H2,1-2H3/b17-15-,18-16-,21-20-. The molecule has 0 aliphatic carbocycles. The first-order chi connectivity index (χ1) is 27.1. The van der Waals surface area contributed by atoms with Crippen LogP contribution in [0.25, 0.3) is 0 Å². The van der Waals surface area contributed by atoms with E-state index >= 15 is 0 Å². The lowest BCUT2D eigenvalue weighted by molar-refractivity contribution is -0.161. The van der Waals surface area contributed by atoms with Gasteiger partial charge in [0.1, 0.15) is 6.61 Å². The van der Waals surface area contributed by atoms with Crippen molar-refractivity contribution < 1.29 is 24.2 Å². The molecule has 0 bridgehead atoms. The number of ether oxygens (including phenoxy) is 2. The van der Waals surface area contributed by atoms with E-state index in [1.807, 2.05) is 0 Å². The van der Waals surface area contributed by atoms with E-state index in [1.165, 1.54) is 173 Å². The Morgan fingerprint density at radius 2 is 0.727 bits per heavy atom. The van der Waals surface area contributed by atoms with Gasteiger partial charge < -0.3 is 14.6 Å². The summed E-state index contributed by atoms with van der Waals surface area (Å²) in [5.74, 6) is -0.592. The molecule has 0 aromatic heterocycles. The van der Waals surface area contributed by atoms with E-state index in [9.17, 15) is 14.7 Å². The summed E-state index contributed by atoms with van der Waals surface area (Å²) in [5.41, 5.74) is 0. The molecule has 1 unspecified atom stereocenters. The van der Waals surface area contributed by atoms with Gasteiger partial charge in [-0.15, -0.1) is 0 Å². The highest BCUT2D eigenvalue weighted by atomic mass is 16.6. The summed E-state index contributed by atoms with van der Waals surface area (Å²) in [7, 11) is 0. The lowest BCUT2D eigenvalue weighted by Gasteiger charge is -2.15. The normalized spacial score (nSPS) is 12.4. The molecular weight excluding hydrogens is 681 g/mol. The molecular formula is C50H92O5. The predicted molar refractivity (Wildman–Crippen MR) is 238 cm³/mol. The summed E-state index contributed by atoms with van der Waals surface area (Å²) in [6.45, 7) is 4.13. The van der Waals surface area contributed by atoms with E-state index in [1.54, 1.807) is 0 Å². The molecule has 0 fully saturated rings. The fourth-order valence-corrected chi connectivity index (χ4v) is 6.99. The van der Waals surface area contributed by atoms with Gasteiger partial charge in [0.15, 0.2) is 6.10 Å². The molecule has 0 aliphatic heterocycles. The first-order valence-electron chi connectivity index (χ1n) is 24.0. The molecule has 5 heteroatoms. The van der Waals surface area contributed by atoms with Gasteiger partial charge in [0.05, 0.1) is 6.61 Å². The second-order valence-corrected chi connectivity index (χ2v) is 16.2. The highest BCUT2D eigenvalue weighted by molar-refractivity contribution is 5.70. The molecule has 0 saturated heterocycles. The Morgan fingerprint density at radius 1 is 0.418 bits per heavy atom. The number of esters is 2. The van der Waals surface area contributed by atoms with Gasteiger partial charge in [0.25, 0.3) is 0 Å². The van der Waals surface area contributed by atoms with Crippen molar-refractivity contribution in [1.82, 2.24) is 0 Å². The van der Waals surface area contributed by atoms with E-state index in [0.29, 0.717) is 12.8 Å². The molecule has 1 N–H and O–H groups in total. The third-order valence-electron chi connectivity index (χ3n) is 10.7. The number of allylic oxidation sites excluding steroid dienone is 6. The minimum absolute atomic E-state index is 0.0675. The van der Waals surface area contributed by atoms with Gasteiger partial charge in [-0.3, -0.25) is 9.59 Å². The summed E-state index contributed by atoms with van der Waals surface area (Å²) in [4.78, 5) is 24.4. The van der Waals surface area contributed by atoms with Crippen molar-refractivity contribution in [2.75, 3.05) is 13.2 Å². The van der Waals surface area contributed by atoms with Gasteiger partial charge in [-0.25, -0.2) is 0 Å².